The van der Waals surface area contributed by atoms with Crippen LogP contribution in [0.5, 0.6) is 0 Å². The Kier molecular flexibility index (Phi) is 8.02. The van der Waals surface area contributed by atoms with E-state index in [1.165, 1.54) is 0 Å². The second-order valence-electron chi connectivity index (χ2n) is 11.2. The second kappa shape index (κ2) is 10.9. The summed E-state index contributed by atoms with van der Waals surface area (Å²) in [6.45, 7) is 13.6. The number of hydrogen-bond donors (Lipinski definition) is 1. The first-order valence-corrected chi connectivity index (χ1v) is 13.0. The van der Waals surface area contributed by atoms with Gasteiger partial charge in [-0.15, -0.1) is 0 Å². The molecule has 3 saturated heterocycles. The molecule has 3 fully saturated rings. The summed E-state index contributed by atoms with van der Waals surface area (Å²) < 4.78 is 11.1. The number of amides is 2. The number of anilines is 1. The minimum atomic E-state index is -0.760. The van der Waals surface area contributed by atoms with E-state index >= 15 is 0 Å². The lowest BCUT2D eigenvalue weighted by atomic mass is 9.87. The van der Waals surface area contributed by atoms with E-state index in [1.807, 2.05) is 45.0 Å². The maximum absolute atomic E-state index is 13.7. The number of benzene rings is 1. The SMILES string of the molecule is CCN1CCN(c2ccc(C(=O)N[C@@H](CC(C)(C)C)C(=O)N3C[C@H](OC)[C@H]4OCC(=O)[C@H]43)cc2)CC1. The molecule has 3 aliphatic rings. The number of hydrogen-bond acceptors (Lipinski definition) is 7. The van der Waals surface area contributed by atoms with Crippen LogP contribution < -0.4 is 10.2 Å². The van der Waals surface area contributed by atoms with Gasteiger partial charge in [-0.25, -0.2) is 0 Å². The number of rotatable bonds is 7. The lowest BCUT2D eigenvalue weighted by Crippen LogP contribution is -2.53. The minimum absolute atomic E-state index is 0.0187. The molecule has 4 rings (SSSR count). The van der Waals surface area contributed by atoms with Gasteiger partial charge in [-0.2, -0.15) is 0 Å². The zero-order valence-corrected chi connectivity index (χ0v) is 22.2. The number of likely N-dealkylation sites (N-methyl/N-ethyl adjacent to an activating group) is 1. The fourth-order valence-electron chi connectivity index (χ4n) is 5.45. The number of nitrogens with zero attached hydrogens (tertiary/aromatic N) is 3. The van der Waals surface area contributed by atoms with E-state index < -0.39 is 18.2 Å². The lowest BCUT2D eigenvalue weighted by molar-refractivity contribution is -0.138. The zero-order valence-electron chi connectivity index (χ0n) is 22.2. The van der Waals surface area contributed by atoms with Crippen molar-refractivity contribution in [2.24, 2.45) is 5.41 Å². The molecule has 0 radical (unpaired) electrons. The molecule has 0 unspecified atom stereocenters. The highest BCUT2D eigenvalue weighted by Crippen LogP contribution is 2.31. The van der Waals surface area contributed by atoms with Crippen LogP contribution in [0.15, 0.2) is 24.3 Å². The highest BCUT2D eigenvalue weighted by molar-refractivity contribution is 5.99. The Morgan fingerprint density at radius 3 is 2.39 bits per heavy atom. The highest BCUT2D eigenvalue weighted by Gasteiger charge is 2.53. The molecular weight excluding hydrogens is 460 g/mol. The van der Waals surface area contributed by atoms with Gasteiger partial charge < -0.3 is 29.5 Å². The molecule has 3 heterocycles. The number of likely N-dealkylation sites (tertiary alicyclic amines) is 1. The van der Waals surface area contributed by atoms with E-state index in [0.29, 0.717) is 12.0 Å². The van der Waals surface area contributed by atoms with Crippen molar-refractivity contribution < 1.29 is 23.9 Å². The van der Waals surface area contributed by atoms with E-state index in [1.54, 1.807) is 12.0 Å². The molecule has 198 valence electrons. The molecule has 9 heteroatoms. The highest BCUT2D eigenvalue weighted by atomic mass is 16.5. The van der Waals surface area contributed by atoms with Crippen molar-refractivity contribution >= 4 is 23.3 Å². The fourth-order valence-corrected chi connectivity index (χ4v) is 5.45. The maximum atomic E-state index is 13.7. The van der Waals surface area contributed by atoms with Gasteiger partial charge >= 0.3 is 0 Å². The molecule has 1 aromatic carbocycles. The van der Waals surface area contributed by atoms with Crippen molar-refractivity contribution in [2.45, 2.75) is 58.4 Å². The summed E-state index contributed by atoms with van der Waals surface area (Å²) in [4.78, 5) is 45.7. The van der Waals surface area contributed by atoms with E-state index in [-0.39, 0.29) is 42.3 Å². The number of carbonyl (C=O) groups excluding carboxylic acids is 3. The summed E-state index contributed by atoms with van der Waals surface area (Å²) in [6.07, 6.45) is -0.370. The second-order valence-corrected chi connectivity index (χ2v) is 11.2. The Morgan fingerprint density at radius 2 is 1.81 bits per heavy atom. The van der Waals surface area contributed by atoms with Gasteiger partial charge in [0.25, 0.3) is 5.91 Å². The molecule has 0 saturated carbocycles. The number of carbonyl (C=O) groups is 3. The molecular formula is C27H40N4O5. The van der Waals surface area contributed by atoms with E-state index in [9.17, 15) is 14.4 Å². The number of fused-ring (bicyclic) bond motifs is 1. The number of nitrogens with one attached hydrogen (secondary N) is 1. The van der Waals surface area contributed by atoms with Crippen LogP contribution in [0.4, 0.5) is 5.69 Å². The average molecular weight is 501 g/mol. The Labute approximate surface area is 214 Å². The molecule has 36 heavy (non-hydrogen) atoms. The predicted octanol–water partition coefficient (Wildman–Crippen LogP) is 1.56. The van der Waals surface area contributed by atoms with E-state index in [2.05, 4.69) is 22.0 Å². The first kappa shape index (κ1) is 26.6. The van der Waals surface area contributed by atoms with Gasteiger partial charge in [0.05, 0.1) is 6.54 Å². The van der Waals surface area contributed by atoms with Crippen LogP contribution in [0, 0.1) is 5.41 Å². The third-order valence-corrected chi connectivity index (χ3v) is 7.46. The largest absolute Gasteiger partial charge is 0.377 e. The van der Waals surface area contributed by atoms with Crippen molar-refractivity contribution in [1.82, 2.24) is 15.1 Å². The molecule has 1 aromatic rings. The molecule has 9 nitrogen and oxygen atoms in total. The Morgan fingerprint density at radius 1 is 1.14 bits per heavy atom. The van der Waals surface area contributed by atoms with Crippen molar-refractivity contribution in [3.8, 4) is 0 Å². The van der Waals surface area contributed by atoms with Gasteiger partial charge in [0, 0.05) is 44.5 Å². The first-order valence-electron chi connectivity index (χ1n) is 13.0. The predicted molar refractivity (Wildman–Crippen MR) is 137 cm³/mol. The lowest BCUT2D eigenvalue weighted by Gasteiger charge is -2.35. The number of Topliss-reactive ketones (excluding diaryl/α,β-unsaturated/α-hetero) is 1. The maximum Gasteiger partial charge on any atom is 0.251 e. The normalized spacial score (nSPS) is 25.7. The van der Waals surface area contributed by atoms with Crippen LogP contribution in [-0.4, -0.2) is 105 Å². The summed E-state index contributed by atoms with van der Waals surface area (Å²) in [7, 11) is 1.56. The summed E-state index contributed by atoms with van der Waals surface area (Å²) in [5, 5.41) is 2.96. The zero-order chi connectivity index (χ0) is 26.0. The van der Waals surface area contributed by atoms with Gasteiger partial charge in [0.15, 0.2) is 5.78 Å². The number of piperazine rings is 1. The molecule has 0 spiro atoms. The smallest absolute Gasteiger partial charge is 0.251 e. The van der Waals surface area contributed by atoms with Crippen LogP contribution in [0.2, 0.25) is 0 Å². The number of ketones is 1. The van der Waals surface area contributed by atoms with Crippen LogP contribution in [-0.2, 0) is 19.1 Å². The molecule has 0 aromatic heterocycles. The van der Waals surface area contributed by atoms with Crippen LogP contribution in [0.1, 0.15) is 44.5 Å². The van der Waals surface area contributed by atoms with Crippen LogP contribution in [0.3, 0.4) is 0 Å². The molecule has 3 aliphatic heterocycles. The van der Waals surface area contributed by atoms with Gasteiger partial charge in [-0.05, 0) is 42.6 Å². The van der Waals surface area contributed by atoms with Gasteiger partial charge in [-0.3, -0.25) is 14.4 Å². The molecule has 2 amide bonds. The quantitative estimate of drug-likeness (QED) is 0.608. The third-order valence-electron chi connectivity index (χ3n) is 7.46. The molecule has 0 bridgehead atoms. The van der Waals surface area contributed by atoms with Crippen LogP contribution >= 0.6 is 0 Å². The van der Waals surface area contributed by atoms with Crippen molar-refractivity contribution in [1.29, 1.82) is 0 Å². The van der Waals surface area contributed by atoms with Gasteiger partial charge in [0.2, 0.25) is 5.91 Å². The van der Waals surface area contributed by atoms with Crippen molar-refractivity contribution in [2.75, 3.05) is 57.9 Å². The monoisotopic (exact) mass is 500 g/mol. The summed E-state index contributed by atoms with van der Waals surface area (Å²) in [5.74, 6) is -0.686. The first-order chi connectivity index (χ1) is 17.1. The van der Waals surface area contributed by atoms with Crippen molar-refractivity contribution in [3.63, 3.8) is 0 Å². The van der Waals surface area contributed by atoms with Gasteiger partial charge in [-0.1, -0.05) is 27.7 Å². The van der Waals surface area contributed by atoms with Gasteiger partial charge in [0.1, 0.15) is 30.9 Å². The summed E-state index contributed by atoms with van der Waals surface area (Å²) >= 11 is 0. The van der Waals surface area contributed by atoms with E-state index in [0.717, 1.165) is 38.4 Å². The topological polar surface area (TPSA) is 91.4 Å². The Bertz CT molecular complexity index is 952. The van der Waals surface area contributed by atoms with E-state index in [4.69, 9.17) is 9.47 Å². The summed E-state index contributed by atoms with van der Waals surface area (Å²) in [5.41, 5.74) is 1.39. The fraction of sp³-hybridized carbons (Fsp3) is 0.667. The molecule has 1 N–H and O–H groups in total. The molecule has 0 aliphatic carbocycles. The Hall–Kier alpha value is -2.49. The Balaban J connectivity index is 1.46. The third kappa shape index (κ3) is 5.74. The average Bonchev–Trinajstić information content (AvgIpc) is 3.43. The number of methoxy groups -OCH3 is 1. The minimum Gasteiger partial charge on any atom is -0.377 e. The standard InChI is InChI=1S/C27H40N4O5/c1-6-29-11-13-30(14-12-29)19-9-7-18(8-10-19)25(33)28-20(15-27(2,3)4)26(34)31-16-22(35-5)24-23(31)21(32)17-36-24/h7-10,20,22-24H,6,11-17H2,1-5H3,(H,28,33)/t20-,22-,23+,24+/m0/s1. The van der Waals surface area contributed by atoms with Crippen LogP contribution in [0.25, 0.3) is 0 Å². The summed E-state index contributed by atoms with van der Waals surface area (Å²) in [6, 6.07) is 6.16. The van der Waals surface area contributed by atoms with Crippen molar-refractivity contribution in [3.05, 3.63) is 29.8 Å². The number of ether oxygens (including phenoxy) is 2. The molecule has 4 atom stereocenters.